The highest BCUT2D eigenvalue weighted by Gasteiger charge is 2.25. The number of hydrogen-bond acceptors (Lipinski definition) is 5. The quantitative estimate of drug-likeness (QED) is 0.140. The first-order valence-corrected chi connectivity index (χ1v) is 13.1. The zero-order valence-corrected chi connectivity index (χ0v) is 22.1. The van der Waals surface area contributed by atoms with Gasteiger partial charge in [-0.1, -0.05) is 55.7 Å². The smallest absolute Gasteiger partial charge is 0.338 e. The first-order valence-electron chi connectivity index (χ1n) is 13.1. The Kier molecular flexibility index (Phi) is 6.40. The maximum atomic E-state index is 12.0. The zero-order valence-electron chi connectivity index (χ0n) is 22.1. The highest BCUT2D eigenvalue weighted by atomic mass is 16.5. The number of allylic oxidation sites excluding steroid dienone is 2. The molecule has 2 aliphatic rings. The molecule has 0 aliphatic heterocycles. The summed E-state index contributed by atoms with van der Waals surface area (Å²) in [7, 11) is 0. The Bertz CT molecular complexity index is 1760. The van der Waals surface area contributed by atoms with Crippen molar-refractivity contribution in [2.45, 2.75) is 19.8 Å². The first kappa shape index (κ1) is 25.1. The molecule has 0 saturated heterocycles. The molecule has 0 saturated carbocycles. The number of rotatable bonds is 7. The molecule has 40 heavy (non-hydrogen) atoms. The maximum absolute atomic E-state index is 12.0. The number of anilines is 2. The predicted octanol–water partition coefficient (Wildman–Crippen LogP) is 7.72. The highest BCUT2D eigenvalue weighted by molar-refractivity contribution is 6.07. The lowest BCUT2D eigenvalue weighted by molar-refractivity contribution is -0.130. The van der Waals surface area contributed by atoms with Crippen LogP contribution in [0.15, 0.2) is 110 Å². The summed E-state index contributed by atoms with van der Waals surface area (Å²) in [4.78, 5) is 25.9. The molecular weight excluding hydrogens is 498 g/mol. The Labute approximate surface area is 233 Å². The molecular formula is C35H27NO4. The maximum Gasteiger partial charge on any atom is 0.338 e. The van der Waals surface area contributed by atoms with Gasteiger partial charge in [-0.25, -0.2) is 9.59 Å². The number of ether oxygens (including phenoxy) is 2. The molecule has 0 aromatic heterocycles. The van der Waals surface area contributed by atoms with Crippen molar-refractivity contribution in [3.05, 3.63) is 132 Å². The van der Waals surface area contributed by atoms with Crippen LogP contribution in [0, 0.1) is 0 Å². The third kappa shape index (κ3) is 4.52. The third-order valence-electron chi connectivity index (χ3n) is 7.17. The van der Waals surface area contributed by atoms with Crippen LogP contribution < -0.4 is 14.4 Å². The average Bonchev–Trinajstić information content (AvgIpc) is 2.98. The molecule has 0 radical (unpaired) electrons. The van der Waals surface area contributed by atoms with E-state index in [0.717, 1.165) is 41.6 Å². The number of benzene rings is 4. The van der Waals surface area contributed by atoms with Crippen molar-refractivity contribution >= 4 is 45.9 Å². The molecule has 2 aliphatic carbocycles. The summed E-state index contributed by atoms with van der Waals surface area (Å²) >= 11 is 0. The summed E-state index contributed by atoms with van der Waals surface area (Å²) in [5.74, 6) is -0.0971. The molecule has 4 aromatic carbocycles. The van der Waals surface area contributed by atoms with E-state index in [9.17, 15) is 9.59 Å². The minimum atomic E-state index is -0.509. The van der Waals surface area contributed by atoms with Crippen molar-refractivity contribution in [1.82, 2.24) is 0 Å². The molecule has 5 heteroatoms. The fourth-order valence-corrected chi connectivity index (χ4v) is 5.31. The van der Waals surface area contributed by atoms with E-state index in [2.05, 4.69) is 60.6 Å². The summed E-state index contributed by atoms with van der Waals surface area (Å²) in [6.45, 7) is 8.74. The summed E-state index contributed by atoms with van der Waals surface area (Å²) in [6.07, 6.45) is 9.53. The van der Waals surface area contributed by atoms with E-state index in [-0.39, 0.29) is 0 Å². The third-order valence-corrected chi connectivity index (χ3v) is 7.17. The van der Waals surface area contributed by atoms with E-state index in [1.165, 1.54) is 27.5 Å². The molecule has 0 N–H and O–H groups in total. The normalized spacial score (nSPS) is 12.9. The van der Waals surface area contributed by atoms with Crippen LogP contribution in [0.2, 0.25) is 0 Å². The molecule has 6 rings (SSSR count). The molecule has 0 atom stereocenters. The van der Waals surface area contributed by atoms with Crippen LogP contribution in [-0.2, 0) is 22.4 Å². The molecule has 0 bridgehead atoms. The van der Waals surface area contributed by atoms with Crippen LogP contribution in [0.4, 0.5) is 11.4 Å². The van der Waals surface area contributed by atoms with Gasteiger partial charge in [-0.2, -0.15) is 0 Å². The lowest BCUT2D eigenvalue weighted by atomic mass is 9.83. The molecule has 4 aromatic rings. The molecule has 5 nitrogen and oxygen atoms in total. The van der Waals surface area contributed by atoms with E-state index >= 15 is 0 Å². The van der Waals surface area contributed by atoms with Crippen LogP contribution in [0.25, 0.3) is 22.5 Å². The van der Waals surface area contributed by atoms with E-state index in [1.54, 1.807) is 31.2 Å². The minimum Gasteiger partial charge on any atom is -0.423 e. The summed E-state index contributed by atoms with van der Waals surface area (Å²) < 4.78 is 10.7. The van der Waals surface area contributed by atoms with Gasteiger partial charge in [0.15, 0.2) is 0 Å². The van der Waals surface area contributed by atoms with Crippen molar-refractivity contribution in [2.24, 2.45) is 0 Å². The van der Waals surface area contributed by atoms with Gasteiger partial charge in [0.2, 0.25) is 0 Å². The summed E-state index contributed by atoms with van der Waals surface area (Å²) in [5.41, 5.74) is 8.20. The average molecular weight is 526 g/mol. The Morgan fingerprint density at radius 3 is 2.08 bits per heavy atom. The van der Waals surface area contributed by atoms with Gasteiger partial charge in [-0.3, -0.25) is 0 Å². The Balaban J connectivity index is 1.46. The van der Waals surface area contributed by atoms with E-state index in [1.807, 2.05) is 24.3 Å². The van der Waals surface area contributed by atoms with Crippen molar-refractivity contribution in [2.75, 3.05) is 4.90 Å². The van der Waals surface area contributed by atoms with Gasteiger partial charge < -0.3 is 14.4 Å². The van der Waals surface area contributed by atoms with Crippen LogP contribution in [0.3, 0.4) is 0 Å². The number of hydrogen-bond donors (Lipinski definition) is 0. The van der Waals surface area contributed by atoms with Crippen LogP contribution >= 0.6 is 0 Å². The van der Waals surface area contributed by atoms with Gasteiger partial charge in [0, 0.05) is 28.6 Å². The lowest BCUT2D eigenvalue weighted by Gasteiger charge is -2.32. The zero-order chi connectivity index (χ0) is 27.8. The molecule has 0 heterocycles. The monoisotopic (exact) mass is 525 g/mol. The highest BCUT2D eigenvalue weighted by Crippen LogP contribution is 2.44. The SMILES string of the molecule is C=CC(=O)Oc1ccc(N(C2=CCc3ccc4c5c(ccc2c35)CC=C4)c2ccc(OC(=O)C(=C)C)cc2)cc1. The number of esters is 2. The van der Waals surface area contributed by atoms with Gasteiger partial charge in [0.1, 0.15) is 11.5 Å². The topological polar surface area (TPSA) is 55.8 Å². The second-order valence-corrected chi connectivity index (χ2v) is 9.85. The lowest BCUT2D eigenvalue weighted by Crippen LogP contribution is -2.18. The molecule has 0 spiro atoms. The number of carbonyl (C=O) groups is 2. The molecule has 0 amide bonds. The largest absolute Gasteiger partial charge is 0.423 e. The number of nitrogens with zero attached hydrogens (tertiary/aromatic N) is 1. The minimum absolute atomic E-state index is 0.337. The van der Waals surface area contributed by atoms with Crippen LogP contribution in [0.1, 0.15) is 29.2 Å². The van der Waals surface area contributed by atoms with Gasteiger partial charge >= 0.3 is 11.9 Å². The van der Waals surface area contributed by atoms with Gasteiger partial charge in [-0.05, 0) is 95.8 Å². The second-order valence-electron chi connectivity index (χ2n) is 9.85. The Morgan fingerprint density at radius 2 is 1.43 bits per heavy atom. The van der Waals surface area contributed by atoms with E-state index in [4.69, 9.17) is 9.47 Å². The molecule has 196 valence electrons. The van der Waals surface area contributed by atoms with Crippen molar-refractivity contribution in [3.63, 3.8) is 0 Å². The van der Waals surface area contributed by atoms with Gasteiger partial charge in [0.25, 0.3) is 0 Å². The second kappa shape index (κ2) is 10.2. The van der Waals surface area contributed by atoms with Crippen LogP contribution in [0.5, 0.6) is 11.5 Å². The van der Waals surface area contributed by atoms with Gasteiger partial charge in [0.05, 0.1) is 5.70 Å². The Hall–Kier alpha value is -5.16. The van der Waals surface area contributed by atoms with Crippen molar-refractivity contribution in [3.8, 4) is 11.5 Å². The van der Waals surface area contributed by atoms with Crippen molar-refractivity contribution < 1.29 is 19.1 Å². The standard InChI is InChI=1S/C35H27NO4/c1-4-32(37)39-28-16-12-26(13-17-28)36(27-14-18-29(19-15-27)40-35(38)22(2)3)31-21-11-25-9-8-23-6-5-7-24-10-20-30(31)34(25)33(23)24/h4-6,8-10,12-21H,1-2,7,11H2,3H3. The van der Waals surface area contributed by atoms with E-state index in [0.29, 0.717) is 17.1 Å². The summed E-state index contributed by atoms with van der Waals surface area (Å²) in [6, 6.07) is 23.7. The fraction of sp³-hybridized carbons (Fsp3) is 0.0857. The van der Waals surface area contributed by atoms with Crippen LogP contribution in [-0.4, -0.2) is 11.9 Å². The predicted molar refractivity (Wildman–Crippen MR) is 160 cm³/mol. The summed E-state index contributed by atoms with van der Waals surface area (Å²) in [5, 5.41) is 2.60. The van der Waals surface area contributed by atoms with E-state index < -0.39 is 11.9 Å². The first-order chi connectivity index (χ1) is 19.4. The molecule has 0 fully saturated rings. The number of carbonyl (C=O) groups excluding carboxylic acids is 2. The molecule has 0 unspecified atom stereocenters. The fourth-order valence-electron chi connectivity index (χ4n) is 5.31. The van der Waals surface area contributed by atoms with Gasteiger partial charge in [-0.15, -0.1) is 0 Å². The van der Waals surface area contributed by atoms with Crippen molar-refractivity contribution in [1.29, 1.82) is 0 Å². The Morgan fingerprint density at radius 1 is 0.800 bits per heavy atom.